The number of aryl methyl sites for hydroxylation is 1. The van der Waals surface area contributed by atoms with E-state index in [1.807, 2.05) is 62.4 Å². The lowest BCUT2D eigenvalue weighted by molar-refractivity contribution is -0.144. The van der Waals surface area contributed by atoms with Gasteiger partial charge in [-0.2, -0.15) is 5.26 Å². The summed E-state index contributed by atoms with van der Waals surface area (Å²) in [6.07, 6.45) is 3.90. The lowest BCUT2D eigenvalue weighted by Gasteiger charge is -2.35. The van der Waals surface area contributed by atoms with Crippen molar-refractivity contribution in [2.24, 2.45) is 5.41 Å². The molecule has 2 fully saturated rings. The molecule has 3 atom stereocenters. The van der Waals surface area contributed by atoms with Gasteiger partial charge in [-0.25, -0.2) is 4.98 Å². The maximum absolute atomic E-state index is 14.1. The van der Waals surface area contributed by atoms with Crippen LogP contribution in [0.2, 0.25) is 10.0 Å². The molecule has 4 amide bonds. The molecule has 7 rings (SSSR count). The molecule has 0 radical (unpaired) electrons. The highest BCUT2D eigenvalue weighted by atomic mass is 35.5. The van der Waals surface area contributed by atoms with Crippen molar-refractivity contribution in [2.75, 3.05) is 65.4 Å². The van der Waals surface area contributed by atoms with Crippen LogP contribution in [0.1, 0.15) is 82.5 Å². The summed E-state index contributed by atoms with van der Waals surface area (Å²) < 4.78 is 17.3. The summed E-state index contributed by atoms with van der Waals surface area (Å²) in [5, 5.41) is 31.0. The Morgan fingerprint density at radius 3 is 2.32 bits per heavy atom. The van der Waals surface area contributed by atoms with Crippen LogP contribution in [0.4, 0.5) is 11.4 Å². The predicted octanol–water partition coefficient (Wildman–Crippen LogP) is 8.28. The first kappa shape index (κ1) is 55.5. The molecule has 4 heterocycles. The number of halogens is 2. The molecule has 74 heavy (non-hydrogen) atoms. The standard InChI is InChI=1S/C54H65Cl2N9O8S/c1-33-50(74-32-60-33)35-15-13-34(14-16-35)29-59-52(69)43-23-37(66)31-65(43)53(70)51(54(2,3)4)62-47(67)11-8-7-9-12-48(68)64-20-18-63(19-21-64)17-10-22-73-46-26-41-38(24-45(46)72-6)49(36(28-57)30-58-41)61-42-27-44(71-5)40(56)25-39(42)55/h13-16,24-27,30,32,37,43,51,66H,7-12,17-23,29,31H2,1-6H3,(H,58,61)(H,59,69)(H,62,67)/t37-,43+,51-/m1/s1. The number of β-amino-alcohol motifs (C(OH)–C–C–N with tert-alkyl or cyclic N) is 1. The third kappa shape index (κ3) is 13.9. The van der Waals surface area contributed by atoms with E-state index < -0.39 is 29.5 Å². The molecule has 394 valence electrons. The van der Waals surface area contributed by atoms with Crippen LogP contribution in [0, 0.1) is 23.7 Å². The largest absolute Gasteiger partial charge is 0.495 e. The third-order valence-electron chi connectivity index (χ3n) is 13.4. The number of carbonyl (C=O) groups excluding carboxylic acids is 4. The average Bonchev–Trinajstić information content (AvgIpc) is 4.01. The number of nitrogens with zero attached hydrogens (tertiary/aromatic N) is 6. The predicted molar refractivity (Wildman–Crippen MR) is 287 cm³/mol. The Balaban J connectivity index is 0.804. The van der Waals surface area contributed by atoms with Crippen molar-refractivity contribution in [3.8, 4) is 33.8 Å². The van der Waals surface area contributed by atoms with Crippen LogP contribution in [-0.4, -0.2) is 132 Å². The molecule has 2 aliphatic heterocycles. The van der Waals surface area contributed by atoms with E-state index in [2.05, 4.69) is 36.9 Å². The Bertz CT molecular complexity index is 2850. The van der Waals surface area contributed by atoms with Gasteiger partial charge in [0.2, 0.25) is 23.6 Å². The molecule has 3 aromatic carbocycles. The van der Waals surface area contributed by atoms with E-state index in [1.165, 1.54) is 18.2 Å². The number of likely N-dealkylation sites (tertiary alicyclic amines) is 1. The lowest BCUT2D eigenvalue weighted by atomic mass is 9.85. The minimum Gasteiger partial charge on any atom is -0.495 e. The van der Waals surface area contributed by atoms with Crippen molar-refractivity contribution < 1.29 is 38.5 Å². The number of benzene rings is 3. The summed E-state index contributed by atoms with van der Waals surface area (Å²) in [7, 11) is 3.06. The number of ether oxygens (including phenoxy) is 3. The third-order valence-corrected chi connectivity index (χ3v) is 15.0. The van der Waals surface area contributed by atoms with Gasteiger partial charge in [0.25, 0.3) is 0 Å². The quantitative estimate of drug-likeness (QED) is 0.0511. The molecule has 0 aliphatic carbocycles. The number of piperazine rings is 1. The van der Waals surface area contributed by atoms with Gasteiger partial charge < -0.3 is 45.1 Å². The molecule has 0 bridgehead atoms. The van der Waals surface area contributed by atoms with Crippen LogP contribution in [-0.2, 0) is 25.7 Å². The van der Waals surface area contributed by atoms with Crippen LogP contribution < -0.4 is 30.2 Å². The Kier molecular flexibility index (Phi) is 19.0. The van der Waals surface area contributed by atoms with E-state index in [4.69, 9.17) is 37.4 Å². The minimum absolute atomic E-state index is 0.00300. The number of nitriles is 1. The van der Waals surface area contributed by atoms with Crippen LogP contribution in [0.25, 0.3) is 21.3 Å². The van der Waals surface area contributed by atoms with Gasteiger partial charge in [0.15, 0.2) is 11.5 Å². The number of hydrogen-bond acceptors (Lipinski definition) is 14. The van der Waals surface area contributed by atoms with Crippen molar-refractivity contribution in [1.29, 1.82) is 5.26 Å². The molecular formula is C54H65Cl2N9O8S. The van der Waals surface area contributed by atoms with Gasteiger partial charge >= 0.3 is 0 Å². The summed E-state index contributed by atoms with van der Waals surface area (Å²) in [5.41, 5.74) is 5.92. The van der Waals surface area contributed by atoms with Crippen LogP contribution in [0.5, 0.6) is 17.2 Å². The zero-order valence-corrected chi connectivity index (χ0v) is 45.1. The van der Waals surface area contributed by atoms with Crippen LogP contribution >= 0.6 is 34.5 Å². The second-order valence-corrected chi connectivity index (χ2v) is 21.4. The number of methoxy groups -OCH3 is 2. The number of aliphatic hydroxyl groups excluding tert-OH is 1. The maximum atomic E-state index is 14.1. The number of aliphatic hydroxyl groups is 1. The highest BCUT2D eigenvalue weighted by molar-refractivity contribution is 7.13. The summed E-state index contributed by atoms with van der Waals surface area (Å²) in [5.74, 6) is 0.459. The topological polar surface area (TPSA) is 212 Å². The number of hydrogen-bond donors (Lipinski definition) is 4. The number of carbonyl (C=O) groups is 4. The number of rotatable bonds is 21. The van der Waals surface area contributed by atoms with Crippen molar-refractivity contribution in [3.05, 3.63) is 87.1 Å². The Hall–Kier alpha value is -6.23. The van der Waals surface area contributed by atoms with Crippen molar-refractivity contribution >= 4 is 80.4 Å². The number of amides is 4. The highest BCUT2D eigenvalue weighted by Crippen LogP contribution is 2.41. The fraction of sp³-hybridized carbons (Fsp3) is 0.463. The summed E-state index contributed by atoms with van der Waals surface area (Å²) in [6, 6.07) is 15.1. The number of unbranched alkanes of at least 4 members (excludes halogenated alkanes) is 2. The second kappa shape index (κ2) is 25.3. The molecule has 0 saturated carbocycles. The van der Waals surface area contributed by atoms with E-state index in [0.717, 1.165) is 47.8 Å². The average molecular weight is 1070 g/mol. The molecule has 4 N–H and O–H groups in total. The van der Waals surface area contributed by atoms with Gasteiger partial charge in [-0.05, 0) is 54.9 Å². The first-order chi connectivity index (χ1) is 35.5. The van der Waals surface area contributed by atoms with Crippen LogP contribution in [0.15, 0.2) is 60.2 Å². The maximum Gasteiger partial charge on any atom is 0.246 e. The minimum atomic E-state index is -0.913. The Morgan fingerprint density at radius 2 is 1.65 bits per heavy atom. The molecule has 2 saturated heterocycles. The summed E-state index contributed by atoms with van der Waals surface area (Å²) in [4.78, 5) is 69.5. The normalized spacial score (nSPS) is 16.4. The SMILES string of the molecule is COc1cc(Nc2c(C#N)cnc3cc(OCCCN4CCN(C(=O)CCCCCC(=O)N[C@H](C(=O)N5C[C@H](O)C[C@H]5C(=O)NCc5ccc(-c6scnc6C)cc5)C(C)(C)C)CC4)c(OC)cc23)c(Cl)cc1Cl. The Labute approximate surface area is 446 Å². The molecule has 0 spiro atoms. The monoisotopic (exact) mass is 1070 g/mol. The van der Waals surface area contributed by atoms with Crippen molar-refractivity contribution in [1.82, 2.24) is 35.3 Å². The van der Waals surface area contributed by atoms with E-state index in [9.17, 15) is 29.5 Å². The molecule has 17 nitrogen and oxygen atoms in total. The van der Waals surface area contributed by atoms with Gasteiger partial charge in [0.1, 0.15) is 23.9 Å². The van der Waals surface area contributed by atoms with Gasteiger partial charge in [0.05, 0.1) is 75.5 Å². The zero-order chi connectivity index (χ0) is 53.1. The number of aromatic nitrogens is 2. The van der Waals surface area contributed by atoms with Crippen molar-refractivity contribution in [2.45, 2.75) is 97.4 Å². The number of nitrogens with one attached hydrogen (secondary N) is 3. The van der Waals surface area contributed by atoms with Gasteiger partial charge in [-0.1, -0.05) is 74.7 Å². The number of pyridine rings is 1. The summed E-state index contributed by atoms with van der Waals surface area (Å²) >= 11 is 14.3. The van der Waals surface area contributed by atoms with Gasteiger partial charge in [0, 0.05) is 88.8 Å². The lowest BCUT2D eigenvalue weighted by Crippen LogP contribution is -2.57. The van der Waals surface area contributed by atoms with E-state index >= 15 is 0 Å². The molecule has 0 unspecified atom stereocenters. The zero-order valence-electron chi connectivity index (χ0n) is 42.8. The first-order valence-electron chi connectivity index (χ1n) is 24.9. The highest BCUT2D eigenvalue weighted by Gasteiger charge is 2.44. The molecule has 5 aromatic rings. The number of anilines is 2. The van der Waals surface area contributed by atoms with Gasteiger partial charge in [-0.15, -0.1) is 11.3 Å². The number of fused-ring (bicyclic) bond motifs is 1. The fourth-order valence-electron chi connectivity index (χ4n) is 9.21. The number of thiazole rings is 1. The summed E-state index contributed by atoms with van der Waals surface area (Å²) in [6.45, 7) is 11.8. The van der Waals surface area contributed by atoms with Crippen molar-refractivity contribution in [3.63, 3.8) is 0 Å². The van der Waals surface area contributed by atoms with E-state index in [1.54, 1.807) is 42.7 Å². The Morgan fingerprint density at radius 1 is 0.919 bits per heavy atom. The molecule has 2 aliphatic rings. The van der Waals surface area contributed by atoms with Gasteiger partial charge in [-0.3, -0.25) is 29.1 Å². The van der Waals surface area contributed by atoms with E-state index in [0.29, 0.717) is 101 Å². The molecular weight excluding hydrogens is 1010 g/mol. The van der Waals surface area contributed by atoms with E-state index in [-0.39, 0.29) is 43.7 Å². The molecule has 2 aromatic heterocycles. The smallest absolute Gasteiger partial charge is 0.246 e. The fourth-order valence-corrected chi connectivity index (χ4v) is 10.5. The second-order valence-electron chi connectivity index (χ2n) is 19.7. The molecule has 20 heteroatoms. The first-order valence-corrected chi connectivity index (χ1v) is 26.5. The van der Waals surface area contributed by atoms with Crippen LogP contribution in [0.3, 0.4) is 0 Å².